The van der Waals surface area contributed by atoms with Crippen LogP contribution in [-0.4, -0.2) is 43.7 Å². The van der Waals surface area contributed by atoms with Crippen LogP contribution < -0.4 is 10.1 Å². The van der Waals surface area contributed by atoms with Gasteiger partial charge in [-0.2, -0.15) is 0 Å². The van der Waals surface area contributed by atoms with Crippen molar-refractivity contribution in [3.63, 3.8) is 0 Å². The van der Waals surface area contributed by atoms with E-state index in [1.54, 1.807) is 6.07 Å². The number of nitrogens with one attached hydrogen (secondary N) is 1. The summed E-state index contributed by atoms with van der Waals surface area (Å²) in [6.07, 6.45) is 0. The maximum Gasteiger partial charge on any atom is 0.287 e. The van der Waals surface area contributed by atoms with Crippen molar-refractivity contribution >= 4 is 16.9 Å². The number of carbonyl (C=O) groups excluding carboxylic acids is 1. The van der Waals surface area contributed by atoms with Gasteiger partial charge in [0.05, 0.1) is 19.3 Å². The molecule has 6 nitrogen and oxygen atoms in total. The molecule has 1 atom stereocenters. The van der Waals surface area contributed by atoms with Crippen molar-refractivity contribution in [1.82, 2.24) is 10.2 Å². The fourth-order valence-corrected chi connectivity index (χ4v) is 4.43. The SMILES string of the molecule is O=C(NCC(c1cccc(F)c1)N1CCOCC1)c1oc2ccccc2c1COc1ccccc1. The first-order valence-corrected chi connectivity index (χ1v) is 11.7. The molecule has 3 aromatic carbocycles. The molecule has 1 amide bonds. The number of ether oxygens (including phenoxy) is 2. The first kappa shape index (κ1) is 23.1. The maximum absolute atomic E-state index is 14.0. The Hall–Kier alpha value is -3.68. The molecule has 1 fully saturated rings. The Balaban J connectivity index is 1.38. The molecule has 0 spiro atoms. The van der Waals surface area contributed by atoms with Crippen LogP contribution in [0.3, 0.4) is 0 Å². The van der Waals surface area contributed by atoms with Crippen LogP contribution in [0.2, 0.25) is 0 Å². The lowest BCUT2D eigenvalue weighted by molar-refractivity contribution is 0.0161. The van der Waals surface area contributed by atoms with Gasteiger partial charge < -0.3 is 19.2 Å². The number of nitrogens with zero attached hydrogens (tertiary/aromatic N) is 1. The molecular formula is C28H27FN2O4. The zero-order chi connectivity index (χ0) is 24.0. The van der Waals surface area contributed by atoms with Gasteiger partial charge in [-0.1, -0.05) is 48.5 Å². The summed E-state index contributed by atoms with van der Waals surface area (Å²) in [4.78, 5) is 15.6. The molecule has 7 heteroatoms. The number of para-hydroxylation sites is 2. The normalized spacial score (nSPS) is 15.1. The lowest BCUT2D eigenvalue weighted by atomic mass is 10.0. The molecule has 0 radical (unpaired) electrons. The van der Waals surface area contributed by atoms with E-state index < -0.39 is 0 Å². The topological polar surface area (TPSA) is 63.9 Å². The number of hydrogen-bond acceptors (Lipinski definition) is 5. The van der Waals surface area contributed by atoms with Crippen LogP contribution in [-0.2, 0) is 11.3 Å². The minimum Gasteiger partial charge on any atom is -0.489 e. The van der Waals surface area contributed by atoms with Crippen LogP contribution in [0.4, 0.5) is 4.39 Å². The number of furan rings is 1. The van der Waals surface area contributed by atoms with Crippen molar-refractivity contribution < 1.29 is 23.1 Å². The molecular weight excluding hydrogens is 447 g/mol. The van der Waals surface area contributed by atoms with Gasteiger partial charge in [0, 0.05) is 30.6 Å². The Morgan fingerprint density at radius 1 is 1.00 bits per heavy atom. The molecule has 180 valence electrons. The van der Waals surface area contributed by atoms with Gasteiger partial charge in [-0.25, -0.2) is 4.39 Å². The highest BCUT2D eigenvalue weighted by Gasteiger charge is 2.26. The summed E-state index contributed by atoms with van der Waals surface area (Å²) >= 11 is 0. The molecule has 5 rings (SSSR count). The van der Waals surface area contributed by atoms with E-state index in [9.17, 15) is 9.18 Å². The molecule has 2 heterocycles. The van der Waals surface area contributed by atoms with Crippen LogP contribution in [0.1, 0.15) is 27.7 Å². The summed E-state index contributed by atoms with van der Waals surface area (Å²) in [6.45, 7) is 3.11. The standard InChI is InChI=1S/C28H27FN2O4/c29-21-8-6-7-20(17-21)25(31-13-15-33-16-14-31)18-30-28(32)27-24(19-34-22-9-2-1-3-10-22)23-11-4-5-12-26(23)35-27/h1-12,17,25H,13-16,18-19H2,(H,30,32). The lowest BCUT2D eigenvalue weighted by Crippen LogP contribution is -2.43. The van der Waals surface area contributed by atoms with Gasteiger partial charge in [-0.3, -0.25) is 9.69 Å². The molecule has 1 aromatic heterocycles. The van der Waals surface area contributed by atoms with Crippen LogP contribution in [0.5, 0.6) is 5.75 Å². The summed E-state index contributed by atoms with van der Waals surface area (Å²) in [5.74, 6) is 0.303. The largest absolute Gasteiger partial charge is 0.489 e. The quantitative estimate of drug-likeness (QED) is 0.391. The summed E-state index contributed by atoms with van der Waals surface area (Å²) in [7, 11) is 0. The third kappa shape index (κ3) is 5.37. The first-order valence-electron chi connectivity index (χ1n) is 11.7. The second kappa shape index (κ2) is 10.7. The van der Waals surface area contributed by atoms with E-state index >= 15 is 0 Å². The predicted molar refractivity (Wildman–Crippen MR) is 131 cm³/mol. The zero-order valence-corrected chi connectivity index (χ0v) is 19.3. The average Bonchev–Trinajstić information content (AvgIpc) is 3.27. The van der Waals surface area contributed by atoms with Gasteiger partial charge in [0.15, 0.2) is 5.76 Å². The summed E-state index contributed by atoms with van der Waals surface area (Å²) in [5.41, 5.74) is 2.12. The van der Waals surface area contributed by atoms with Crippen molar-refractivity contribution in [2.75, 3.05) is 32.8 Å². The fraction of sp³-hybridized carbons (Fsp3) is 0.250. The van der Waals surface area contributed by atoms with Gasteiger partial charge in [0.1, 0.15) is 23.8 Å². The number of fused-ring (bicyclic) bond motifs is 1. The molecule has 4 aromatic rings. The molecule has 1 aliphatic heterocycles. The molecule has 0 aliphatic carbocycles. The van der Waals surface area contributed by atoms with E-state index in [1.807, 2.05) is 60.7 Å². The van der Waals surface area contributed by atoms with E-state index in [4.69, 9.17) is 13.9 Å². The van der Waals surface area contributed by atoms with Crippen molar-refractivity contribution in [2.45, 2.75) is 12.6 Å². The monoisotopic (exact) mass is 474 g/mol. The minimum atomic E-state index is -0.331. The van der Waals surface area contributed by atoms with Gasteiger partial charge in [-0.05, 0) is 35.9 Å². The van der Waals surface area contributed by atoms with Crippen molar-refractivity contribution in [2.24, 2.45) is 0 Å². The number of rotatable bonds is 8. The zero-order valence-electron chi connectivity index (χ0n) is 19.3. The Labute approximate surface area is 203 Å². The van der Waals surface area contributed by atoms with Crippen molar-refractivity contribution in [3.8, 4) is 5.75 Å². The highest BCUT2D eigenvalue weighted by Crippen LogP contribution is 2.28. The molecule has 0 bridgehead atoms. The average molecular weight is 475 g/mol. The summed E-state index contributed by atoms with van der Waals surface area (Å²) in [5, 5.41) is 3.86. The molecule has 1 N–H and O–H groups in total. The Bertz CT molecular complexity index is 1280. The number of morpholine rings is 1. The molecule has 1 saturated heterocycles. The van der Waals surface area contributed by atoms with Crippen LogP contribution in [0.25, 0.3) is 11.0 Å². The smallest absolute Gasteiger partial charge is 0.287 e. The van der Waals surface area contributed by atoms with Crippen molar-refractivity contribution in [3.05, 3.63) is 102 Å². The second-order valence-electron chi connectivity index (χ2n) is 8.44. The van der Waals surface area contributed by atoms with E-state index in [1.165, 1.54) is 12.1 Å². The van der Waals surface area contributed by atoms with Gasteiger partial charge in [-0.15, -0.1) is 0 Å². The molecule has 1 unspecified atom stereocenters. The van der Waals surface area contributed by atoms with Gasteiger partial charge >= 0.3 is 0 Å². The summed E-state index contributed by atoms with van der Waals surface area (Å²) < 4.78 is 31.4. The minimum absolute atomic E-state index is 0.188. The van der Waals surface area contributed by atoms with Crippen LogP contribution in [0.15, 0.2) is 83.3 Å². The number of benzene rings is 3. The number of halogens is 1. The lowest BCUT2D eigenvalue weighted by Gasteiger charge is -2.34. The highest BCUT2D eigenvalue weighted by molar-refractivity contribution is 5.99. The Morgan fingerprint density at radius 2 is 1.77 bits per heavy atom. The third-order valence-electron chi connectivity index (χ3n) is 6.21. The van der Waals surface area contributed by atoms with E-state index in [2.05, 4.69) is 10.2 Å². The highest BCUT2D eigenvalue weighted by atomic mass is 19.1. The molecule has 0 saturated carbocycles. The first-order chi connectivity index (χ1) is 17.2. The summed E-state index contributed by atoms with van der Waals surface area (Å²) in [6, 6.07) is 23.3. The number of carbonyl (C=O) groups is 1. The van der Waals surface area contributed by atoms with Gasteiger partial charge in [0.25, 0.3) is 5.91 Å². The number of hydrogen-bond donors (Lipinski definition) is 1. The Kier molecular flexibility index (Phi) is 7.07. The molecule has 1 aliphatic rings. The number of amides is 1. The van der Waals surface area contributed by atoms with E-state index in [-0.39, 0.29) is 30.1 Å². The molecule has 35 heavy (non-hydrogen) atoms. The third-order valence-corrected chi connectivity index (χ3v) is 6.21. The second-order valence-corrected chi connectivity index (χ2v) is 8.44. The van der Waals surface area contributed by atoms with Crippen LogP contribution >= 0.6 is 0 Å². The van der Waals surface area contributed by atoms with E-state index in [0.717, 1.165) is 10.9 Å². The fourth-order valence-electron chi connectivity index (χ4n) is 4.43. The van der Waals surface area contributed by atoms with E-state index in [0.29, 0.717) is 49.7 Å². The predicted octanol–water partition coefficient (Wildman–Crippen LogP) is 4.95. The maximum atomic E-state index is 14.0. The van der Waals surface area contributed by atoms with Crippen molar-refractivity contribution in [1.29, 1.82) is 0 Å². The van der Waals surface area contributed by atoms with Crippen LogP contribution in [0, 0.1) is 5.82 Å². The van der Waals surface area contributed by atoms with Gasteiger partial charge in [0.2, 0.25) is 0 Å². The Morgan fingerprint density at radius 3 is 2.57 bits per heavy atom.